The first kappa shape index (κ1) is 21.1. The van der Waals surface area contributed by atoms with Crippen LogP contribution in [0, 0.1) is 11.8 Å². The second kappa shape index (κ2) is 10.8. The minimum absolute atomic E-state index is 0.0914. The van der Waals surface area contributed by atoms with Gasteiger partial charge in [-0.15, -0.1) is 0 Å². The van der Waals surface area contributed by atoms with E-state index in [2.05, 4.69) is 10.6 Å². The topological polar surface area (TPSA) is 75.3 Å². The van der Waals surface area contributed by atoms with Crippen molar-refractivity contribution in [2.24, 2.45) is 11.8 Å². The first-order chi connectivity index (χ1) is 12.5. The maximum absolute atomic E-state index is 12.8. The molecule has 2 N–H and O–H groups in total. The van der Waals surface area contributed by atoms with Crippen molar-refractivity contribution in [3.05, 3.63) is 0 Å². The summed E-state index contributed by atoms with van der Waals surface area (Å²) in [6.45, 7) is 1.59. The Bertz CT molecular complexity index is 476. The lowest BCUT2D eigenvalue weighted by atomic mass is 9.74. The molecule has 148 valence electrons. The van der Waals surface area contributed by atoms with Crippen molar-refractivity contribution in [2.45, 2.75) is 96.1 Å². The monoisotopic (exact) mass is 364 g/mol. The quantitative estimate of drug-likeness (QED) is 0.616. The highest BCUT2D eigenvalue weighted by Gasteiger charge is 2.33. The van der Waals surface area contributed by atoms with Gasteiger partial charge < -0.3 is 15.4 Å². The Morgan fingerprint density at radius 1 is 0.769 bits per heavy atom. The number of Topliss-reactive ketones (excluding diaryl/α,β-unsaturated/α-hetero) is 2. The molecule has 0 bridgehead atoms. The summed E-state index contributed by atoms with van der Waals surface area (Å²) < 4.78 is 0. The van der Waals surface area contributed by atoms with Crippen molar-refractivity contribution >= 4 is 17.5 Å². The molecule has 0 unspecified atom stereocenters. The molecule has 2 fully saturated rings. The number of hydrogen-bond donors (Lipinski definition) is 2. The molecule has 2 aliphatic rings. The molecule has 0 aromatic carbocycles. The second-order valence-corrected chi connectivity index (χ2v) is 8.26. The van der Waals surface area contributed by atoms with Crippen LogP contribution in [-0.2, 0) is 14.4 Å². The molecule has 26 heavy (non-hydrogen) atoms. The molecule has 2 aliphatic carbocycles. The fourth-order valence-corrected chi connectivity index (χ4v) is 4.48. The van der Waals surface area contributed by atoms with E-state index in [1.165, 1.54) is 0 Å². The number of nitrogens with one attached hydrogen (secondary N) is 2. The van der Waals surface area contributed by atoms with E-state index in [0.29, 0.717) is 24.7 Å². The molecule has 0 aromatic heterocycles. The van der Waals surface area contributed by atoms with Crippen molar-refractivity contribution in [1.82, 2.24) is 10.6 Å². The van der Waals surface area contributed by atoms with Gasteiger partial charge in [-0.1, -0.05) is 0 Å². The summed E-state index contributed by atoms with van der Waals surface area (Å²) in [6.07, 6.45) is 10.6. The predicted octanol–water partition coefficient (Wildman–Crippen LogP) is 3.16. The Hall–Kier alpha value is -1.23. The van der Waals surface area contributed by atoms with Gasteiger partial charge in [-0.25, -0.2) is 0 Å². The van der Waals surface area contributed by atoms with E-state index in [9.17, 15) is 14.4 Å². The fraction of sp³-hybridized carbons (Fsp3) is 0.857. The van der Waals surface area contributed by atoms with Gasteiger partial charge in [-0.05, 0) is 78.2 Å². The van der Waals surface area contributed by atoms with Crippen LogP contribution in [0.5, 0.6) is 0 Å². The first-order valence-electron chi connectivity index (χ1n) is 10.5. The zero-order valence-corrected chi connectivity index (χ0v) is 16.5. The van der Waals surface area contributed by atoms with Gasteiger partial charge in [0.1, 0.15) is 11.6 Å². The lowest BCUT2D eigenvalue weighted by Gasteiger charge is -2.33. The van der Waals surface area contributed by atoms with Gasteiger partial charge in [-0.3, -0.25) is 9.59 Å². The molecule has 0 aliphatic heterocycles. The van der Waals surface area contributed by atoms with Crippen molar-refractivity contribution in [2.75, 3.05) is 7.05 Å². The van der Waals surface area contributed by atoms with Crippen LogP contribution in [0.1, 0.15) is 84.0 Å². The third-order valence-corrected chi connectivity index (χ3v) is 6.22. The number of ketones is 2. The normalized spacial score (nSPS) is 29.2. The molecular formula is C21H36N2O3. The van der Waals surface area contributed by atoms with Gasteiger partial charge in [-0.2, -0.15) is 0 Å². The van der Waals surface area contributed by atoms with E-state index >= 15 is 0 Å². The van der Waals surface area contributed by atoms with Crippen LogP contribution < -0.4 is 10.6 Å². The first-order valence-corrected chi connectivity index (χ1v) is 10.5. The highest BCUT2D eigenvalue weighted by Crippen LogP contribution is 2.33. The van der Waals surface area contributed by atoms with Crippen molar-refractivity contribution in [3.63, 3.8) is 0 Å². The fourth-order valence-electron chi connectivity index (χ4n) is 4.48. The molecule has 0 saturated heterocycles. The average molecular weight is 365 g/mol. The van der Waals surface area contributed by atoms with Gasteiger partial charge in [0.2, 0.25) is 5.91 Å². The molecule has 1 amide bonds. The Kier molecular flexibility index (Phi) is 8.76. The van der Waals surface area contributed by atoms with Gasteiger partial charge in [0.05, 0.1) is 0 Å². The summed E-state index contributed by atoms with van der Waals surface area (Å²) >= 11 is 0. The minimum atomic E-state index is 0.0914. The summed E-state index contributed by atoms with van der Waals surface area (Å²) in [5, 5.41) is 6.44. The van der Waals surface area contributed by atoms with E-state index < -0.39 is 0 Å². The molecule has 2 saturated carbocycles. The summed E-state index contributed by atoms with van der Waals surface area (Å²) in [7, 11) is 2.01. The van der Waals surface area contributed by atoms with Crippen LogP contribution in [0.15, 0.2) is 0 Å². The Morgan fingerprint density at radius 3 is 1.77 bits per heavy atom. The van der Waals surface area contributed by atoms with Crippen LogP contribution >= 0.6 is 0 Å². The van der Waals surface area contributed by atoms with Crippen molar-refractivity contribution in [1.29, 1.82) is 0 Å². The van der Waals surface area contributed by atoms with Gasteiger partial charge in [0, 0.05) is 36.8 Å². The van der Waals surface area contributed by atoms with Crippen LogP contribution in [0.25, 0.3) is 0 Å². The summed E-state index contributed by atoms with van der Waals surface area (Å²) in [4.78, 5) is 35.7. The lowest BCUT2D eigenvalue weighted by molar-refractivity contribution is -0.129. The van der Waals surface area contributed by atoms with Crippen LogP contribution in [-0.4, -0.2) is 36.6 Å². The SMILES string of the molecule is CNC1CCC(C(=O)C2CCC(NC(=O)CCCCC(C)=O)CC2)CC1. The predicted molar refractivity (Wildman–Crippen MR) is 103 cm³/mol. The Balaban J connectivity index is 1.63. The molecular weight excluding hydrogens is 328 g/mol. The number of rotatable bonds is 9. The lowest BCUT2D eigenvalue weighted by Crippen LogP contribution is -2.40. The van der Waals surface area contributed by atoms with Crippen molar-refractivity contribution < 1.29 is 14.4 Å². The Morgan fingerprint density at radius 2 is 1.27 bits per heavy atom. The van der Waals surface area contributed by atoms with Crippen LogP contribution in [0.3, 0.4) is 0 Å². The van der Waals surface area contributed by atoms with Crippen LogP contribution in [0.4, 0.5) is 0 Å². The molecule has 5 heteroatoms. The Labute approximate surface area is 158 Å². The van der Waals surface area contributed by atoms with Gasteiger partial charge >= 0.3 is 0 Å². The van der Waals surface area contributed by atoms with Gasteiger partial charge in [0.25, 0.3) is 0 Å². The maximum Gasteiger partial charge on any atom is 0.220 e. The molecule has 5 nitrogen and oxygen atoms in total. The number of amides is 1. The van der Waals surface area contributed by atoms with E-state index in [-0.39, 0.29) is 29.6 Å². The standard InChI is InChI=1S/C21H36N2O3/c1-15(24)5-3-4-6-20(25)23-19-13-9-17(10-14-19)21(26)16-7-11-18(22-2)12-8-16/h16-19,22H,3-14H2,1-2H3,(H,23,25). The number of hydrogen-bond acceptors (Lipinski definition) is 4. The molecule has 0 aromatic rings. The molecule has 0 radical (unpaired) electrons. The zero-order valence-electron chi connectivity index (χ0n) is 16.5. The molecule has 0 heterocycles. The number of carbonyl (C=O) groups excluding carboxylic acids is 3. The minimum Gasteiger partial charge on any atom is -0.353 e. The van der Waals surface area contributed by atoms with Gasteiger partial charge in [0.15, 0.2) is 0 Å². The van der Waals surface area contributed by atoms with E-state index in [1.54, 1.807) is 6.92 Å². The third kappa shape index (κ3) is 6.82. The smallest absolute Gasteiger partial charge is 0.220 e. The zero-order chi connectivity index (χ0) is 18.9. The summed E-state index contributed by atoms with van der Waals surface area (Å²) in [5.74, 6) is 1.22. The average Bonchev–Trinajstić information content (AvgIpc) is 2.65. The molecule has 0 spiro atoms. The highest BCUT2D eigenvalue weighted by atomic mass is 16.1. The molecule has 2 rings (SSSR count). The maximum atomic E-state index is 12.8. The van der Waals surface area contributed by atoms with E-state index in [4.69, 9.17) is 0 Å². The largest absolute Gasteiger partial charge is 0.353 e. The van der Waals surface area contributed by atoms with Crippen molar-refractivity contribution in [3.8, 4) is 0 Å². The number of unbranched alkanes of at least 4 members (excludes halogenated alkanes) is 1. The number of carbonyl (C=O) groups is 3. The highest BCUT2D eigenvalue weighted by molar-refractivity contribution is 5.83. The van der Waals surface area contributed by atoms with Crippen LogP contribution in [0.2, 0.25) is 0 Å². The summed E-state index contributed by atoms with van der Waals surface area (Å²) in [5.41, 5.74) is 0. The van der Waals surface area contributed by atoms with E-state index in [1.807, 2.05) is 7.05 Å². The molecule has 0 atom stereocenters. The third-order valence-electron chi connectivity index (χ3n) is 6.22. The van der Waals surface area contributed by atoms with E-state index in [0.717, 1.165) is 64.2 Å². The summed E-state index contributed by atoms with van der Waals surface area (Å²) in [6, 6.07) is 0.805. The second-order valence-electron chi connectivity index (χ2n) is 8.26.